The van der Waals surface area contributed by atoms with E-state index in [1.807, 2.05) is 170 Å². The van der Waals surface area contributed by atoms with Gasteiger partial charge < -0.3 is 92.9 Å². The molecule has 30 heteroatoms. The Hall–Kier alpha value is -13.4. The first-order valence-corrected chi connectivity index (χ1v) is 43.1. The van der Waals surface area contributed by atoms with Gasteiger partial charge in [0, 0.05) is 79.3 Å². The highest BCUT2D eigenvalue weighted by atomic mass is 35.5. The maximum Gasteiger partial charge on any atom is 0.337 e. The third-order valence-corrected chi connectivity index (χ3v) is 19.1. The van der Waals surface area contributed by atoms with Crippen molar-refractivity contribution in [2.24, 2.45) is 0 Å². The molecule has 0 aliphatic rings. The third-order valence-electron chi connectivity index (χ3n) is 19.1. The van der Waals surface area contributed by atoms with Crippen LogP contribution in [0.5, 0.6) is 0 Å². The molecular formula is C98H102Cl2N4O22S2. The fourth-order valence-electron chi connectivity index (χ4n) is 13.2. The molecule has 12 aromatic carbocycles. The van der Waals surface area contributed by atoms with Crippen LogP contribution in [-0.2, 0) is 118 Å². The van der Waals surface area contributed by atoms with E-state index in [1.54, 1.807) is 97.1 Å². The Labute approximate surface area is 757 Å². The van der Waals surface area contributed by atoms with Crippen LogP contribution in [0.15, 0.2) is 315 Å². The van der Waals surface area contributed by atoms with Crippen molar-refractivity contribution in [1.82, 2.24) is 0 Å². The predicted octanol–water partition coefficient (Wildman–Crippen LogP) is 4.16. The minimum atomic E-state index is -3.92. The molecule has 26 nitrogen and oxygen atoms in total. The normalized spacial score (nSPS) is 10.6. The standard InChI is InChI=1S/2C25H25NO4.2C23H21NO4.2CH4O3S.2ClH/c2*1-29-24(27)22-12-8-20(9-13-22)17-26(16-19-6-4-3-5-7-19)18-21-10-14-23(15-11-21)25(28)30-2;2*25-22(26)20-10-6-18(7-11-20)15-24(14-17-4-2-1-3-5-17)16-19-8-12-21(13-9-19)23(27)28;2*1-5(2,3)4;;/h2*3-15H,16-18H2,1-2H3;2*1-13H,14-16H2,(H,25,26)(H,27,28);2*1H3,(H,2,3,4);2*1H. The van der Waals surface area contributed by atoms with E-state index in [1.165, 1.54) is 70.3 Å². The summed E-state index contributed by atoms with van der Waals surface area (Å²) in [6.45, 7) is 9.46. The predicted molar refractivity (Wildman–Crippen MR) is 470 cm³/mol. The van der Waals surface area contributed by atoms with Gasteiger partial charge in [-0.2, -0.15) is 0 Å². The van der Waals surface area contributed by atoms with Crippen molar-refractivity contribution in [3.8, 4) is 0 Å². The number of rotatable bonds is 32. The molecule has 0 aliphatic carbocycles. The Morgan fingerprint density at radius 1 is 0.219 bits per heavy atom. The summed E-state index contributed by atoms with van der Waals surface area (Å²) in [7, 11) is -2.30. The summed E-state index contributed by atoms with van der Waals surface area (Å²) in [5, 5.41) is 36.2. The van der Waals surface area contributed by atoms with Crippen molar-refractivity contribution in [3.63, 3.8) is 0 Å². The van der Waals surface area contributed by atoms with E-state index in [0.717, 1.165) is 123 Å². The van der Waals surface area contributed by atoms with Crippen molar-refractivity contribution >= 4 is 68.0 Å². The second-order valence-electron chi connectivity index (χ2n) is 29.2. The van der Waals surface area contributed by atoms with E-state index in [-0.39, 0.29) is 70.9 Å². The number of quaternary nitrogens is 4. The number of nitrogens with one attached hydrogen (secondary N) is 4. The fraction of sp³-hybridized carbons (Fsp3) is 0.184. The first kappa shape index (κ1) is 105. The second kappa shape index (κ2) is 54.5. The van der Waals surface area contributed by atoms with Gasteiger partial charge in [0.15, 0.2) is 0 Å². The summed E-state index contributed by atoms with van der Waals surface area (Å²) in [4.78, 5) is 96.1. The molecule has 0 fully saturated rings. The van der Waals surface area contributed by atoms with Crippen molar-refractivity contribution in [2.75, 3.05) is 41.0 Å². The number of carbonyl (C=O) groups is 8. The highest BCUT2D eigenvalue weighted by Crippen LogP contribution is 2.15. The molecule has 0 unspecified atom stereocenters. The van der Waals surface area contributed by atoms with Crippen molar-refractivity contribution in [3.05, 3.63) is 427 Å². The lowest BCUT2D eigenvalue weighted by Gasteiger charge is -2.20. The average molecular weight is 1820 g/mol. The molecule has 0 aromatic heterocycles. The minimum Gasteiger partial charge on any atom is -1.00 e. The Morgan fingerprint density at radius 2 is 0.320 bits per heavy atom. The number of ether oxygens (including phenoxy) is 4. The van der Waals surface area contributed by atoms with Crippen LogP contribution < -0.4 is 44.4 Å². The van der Waals surface area contributed by atoms with E-state index in [9.17, 15) is 38.4 Å². The maximum absolute atomic E-state index is 11.7. The molecule has 12 aromatic rings. The molecule has 0 amide bonds. The van der Waals surface area contributed by atoms with Crippen LogP contribution >= 0.6 is 0 Å². The van der Waals surface area contributed by atoms with E-state index in [4.69, 9.17) is 65.3 Å². The fourth-order valence-corrected chi connectivity index (χ4v) is 13.2. The van der Waals surface area contributed by atoms with Crippen molar-refractivity contribution in [1.29, 1.82) is 0 Å². The Kier molecular flexibility index (Phi) is 44.8. The van der Waals surface area contributed by atoms with Gasteiger partial charge in [-0.3, -0.25) is 0 Å². The monoisotopic (exact) mass is 1820 g/mol. The van der Waals surface area contributed by atoms with Gasteiger partial charge >= 0.3 is 47.8 Å². The number of carbonyl (C=O) groups excluding carboxylic acids is 4. The molecule has 0 saturated heterocycles. The van der Waals surface area contributed by atoms with Gasteiger partial charge in [0.05, 0.1) is 93.2 Å². The molecule has 0 heterocycles. The molecule has 8 N–H and O–H groups in total. The molecule has 0 saturated carbocycles. The molecule has 0 radical (unpaired) electrons. The molecule has 0 atom stereocenters. The largest absolute Gasteiger partial charge is 1.00 e. The zero-order valence-electron chi connectivity index (χ0n) is 71.2. The number of aromatic carboxylic acids is 4. The van der Waals surface area contributed by atoms with Gasteiger partial charge in [-0.05, 0) is 97.1 Å². The van der Waals surface area contributed by atoms with E-state index in [0.29, 0.717) is 34.8 Å². The van der Waals surface area contributed by atoms with Gasteiger partial charge in [0.1, 0.15) is 78.5 Å². The second-order valence-corrected chi connectivity index (χ2v) is 32.1. The van der Waals surface area contributed by atoms with E-state index >= 15 is 0 Å². The lowest BCUT2D eigenvalue weighted by molar-refractivity contribution is -0.941. The smallest absolute Gasteiger partial charge is 0.337 e. The Morgan fingerprint density at radius 3 is 0.422 bits per heavy atom. The number of benzene rings is 12. The summed E-state index contributed by atoms with van der Waals surface area (Å²) in [5.41, 5.74) is 17.0. The average Bonchev–Trinajstić information content (AvgIpc) is 0.863. The lowest BCUT2D eigenvalue weighted by Crippen LogP contribution is -3.08. The van der Waals surface area contributed by atoms with E-state index in [2.05, 4.69) is 48.5 Å². The van der Waals surface area contributed by atoms with Gasteiger partial charge in [-0.1, -0.05) is 218 Å². The molecule has 672 valence electrons. The number of hydrogen-bond acceptors (Lipinski definition) is 18. The van der Waals surface area contributed by atoms with Crippen LogP contribution in [0.25, 0.3) is 0 Å². The van der Waals surface area contributed by atoms with Crippen molar-refractivity contribution in [2.45, 2.75) is 78.5 Å². The first-order chi connectivity index (χ1) is 60.2. The van der Waals surface area contributed by atoms with Crippen LogP contribution in [0.3, 0.4) is 0 Å². The molecule has 12 rings (SSSR count). The first-order valence-electron chi connectivity index (χ1n) is 39.5. The summed E-state index contributed by atoms with van der Waals surface area (Å²) in [6, 6.07) is 99.0. The molecule has 0 spiro atoms. The van der Waals surface area contributed by atoms with Crippen LogP contribution in [0.2, 0.25) is 0 Å². The summed E-state index contributed by atoms with van der Waals surface area (Å²) >= 11 is 0. The molecule has 128 heavy (non-hydrogen) atoms. The van der Waals surface area contributed by atoms with Gasteiger partial charge in [-0.25, -0.2) is 55.2 Å². The SMILES string of the molecule is COC(=O)c1ccc(C[NH+](Cc2ccccc2)Cc2ccc(C(=O)OC)cc2)cc1.COC(=O)c1ccc(C[NH+](Cc2ccccc2)Cc2ccc(C(=O)OC)cc2)cc1.CS(=O)(=O)[O-].CS(=O)(=O)[O-].O=C(O)c1ccc(C[NH+](Cc2ccccc2)Cc2ccc(C(=O)O)cc2)cc1.O=C(O)c1ccc(C[NH+](Cc2ccccc2)Cc2ccc(C(=O)O)cc2)cc1.[Cl-].[Cl-]. The van der Waals surface area contributed by atoms with E-state index < -0.39 is 44.1 Å². The summed E-state index contributed by atoms with van der Waals surface area (Å²) in [5.74, 6) is -5.06. The number of halogens is 2. The summed E-state index contributed by atoms with van der Waals surface area (Å²) in [6.07, 6.45) is 1.21. The van der Waals surface area contributed by atoms with Gasteiger partial charge in [0.25, 0.3) is 0 Å². The zero-order chi connectivity index (χ0) is 91.6. The number of hydrogen-bond donors (Lipinski definition) is 8. The Bertz CT molecular complexity index is 5070. The maximum atomic E-state index is 11.7. The highest BCUT2D eigenvalue weighted by Gasteiger charge is 2.20. The number of esters is 4. The van der Waals surface area contributed by atoms with Gasteiger partial charge in [-0.15, -0.1) is 0 Å². The van der Waals surface area contributed by atoms with Crippen molar-refractivity contribution < 1.29 is 148 Å². The molecule has 0 aliphatic heterocycles. The van der Waals surface area contributed by atoms with Crippen LogP contribution in [0.4, 0.5) is 0 Å². The minimum absolute atomic E-state index is 0. The Balaban J connectivity index is 0.000000290. The summed E-state index contributed by atoms with van der Waals surface area (Å²) < 4.78 is 73.5. The topological polar surface area (TPSA) is 387 Å². The molecular weight excluding hydrogens is 1720 g/mol. The van der Waals surface area contributed by atoms with Crippen LogP contribution in [0.1, 0.15) is 150 Å². The number of carboxylic acid groups (broad SMARTS) is 4. The van der Waals surface area contributed by atoms with Gasteiger partial charge in [0.2, 0.25) is 0 Å². The third kappa shape index (κ3) is 40.3. The number of methoxy groups -OCH3 is 4. The zero-order valence-corrected chi connectivity index (χ0v) is 74.4. The number of carboxylic acids is 4. The molecule has 0 bridgehead atoms. The lowest BCUT2D eigenvalue weighted by atomic mass is 10.1. The van der Waals surface area contributed by atoms with Crippen LogP contribution in [0, 0.1) is 0 Å². The quantitative estimate of drug-likeness (QED) is 0.0167. The highest BCUT2D eigenvalue weighted by molar-refractivity contribution is 7.85. The van der Waals surface area contributed by atoms with Crippen LogP contribution in [-0.4, -0.2) is 135 Å².